The Hall–Kier alpha value is -4.37. The van der Waals surface area contributed by atoms with Gasteiger partial charge in [-0.3, -0.25) is 24.7 Å². The van der Waals surface area contributed by atoms with Crippen molar-refractivity contribution >= 4 is 34.7 Å². The number of carbonyl (C=O) groups excluding carboxylic acids is 2. The number of nitrogens with one attached hydrogen (secondary N) is 2. The molecule has 4 rings (SSSR count). The third-order valence-corrected chi connectivity index (χ3v) is 5.75. The van der Waals surface area contributed by atoms with Gasteiger partial charge in [0.25, 0.3) is 5.69 Å². The summed E-state index contributed by atoms with van der Waals surface area (Å²) in [5, 5.41) is 17.4. The molecule has 1 aliphatic heterocycles. The van der Waals surface area contributed by atoms with Crippen LogP contribution in [0.5, 0.6) is 0 Å². The molecule has 3 aromatic carbocycles. The number of nitro benzene ring substituents is 1. The number of hydrogen-bond acceptors (Lipinski definition) is 7. The zero-order chi connectivity index (χ0) is 25.5. The number of fused-ring (bicyclic) bond motifs is 1. The summed E-state index contributed by atoms with van der Waals surface area (Å²) < 4.78 is 4.92. The van der Waals surface area contributed by atoms with E-state index in [1.807, 2.05) is 54.6 Å². The van der Waals surface area contributed by atoms with Crippen molar-refractivity contribution in [1.29, 1.82) is 0 Å². The Kier molecular flexibility index (Phi) is 7.82. The summed E-state index contributed by atoms with van der Waals surface area (Å²) in [4.78, 5) is 40.1. The smallest absolute Gasteiger partial charge is 0.307 e. The maximum absolute atomic E-state index is 13.0. The minimum Gasteiger partial charge on any atom is -0.466 e. The van der Waals surface area contributed by atoms with Crippen LogP contribution >= 0.6 is 0 Å². The van der Waals surface area contributed by atoms with Crippen molar-refractivity contribution in [2.75, 3.05) is 18.5 Å². The second-order valence-corrected chi connectivity index (χ2v) is 8.21. The molecular weight excluding hydrogens is 460 g/mol. The number of non-ortho nitro benzene ring substituents is 1. The number of aliphatic imine (C=N–C) groups is 1. The lowest BCUT2D eigenvalue weighted by atomic mass is 9.90. The summed E-state index contributed by atoms with van der Waals surface area (Å²) in [5.41, 5.74) is 3.91. The Labute approximate surface area is 208 Å². The quantitative estimate of drug-likeness (QED) is 0.143. The second-order valence-electron chi connectivity index (χ2n) is 8.21. The highest BCUT2D eigenvalue weighted by molar-refractivity contribution is 6.24. The van der Waals surface area contributed by atoms with E-state index in [1.165, 1.54) is 12.1 Å². The molecule has 1 atom stereocenters. The zero-order valence-electron chi connectivity index (χ0n) is 19.8. The highest BCUT2D eigenvalue weighted by atomic mass is 16.6. The number of ether oxygens (including phenoxy) is 1. The third kappa shape index (κ3) is 5.81. The molecule has 1 heterocycles. The number of anilines is 1. The Morgan fingerprint density at radius 3 is 2.56 bits per heavy atom. The van der Waals surface area contributed by atoms with Crippen molar-refractivity contribution < 1.29 is 19.2 Å². The number of carbonyl (C=O) groups is 2. The summed E-state index contributed by atoms with van der Waals surface area (Å²) in [5.74, 6) is -1.30. The third-order valence-electron chi connectivity index (χ3n) is 5.75. The molecule has 3 aromatic rings. The van der Waals surface area contributed by atoms with Crippen LogP contribution in [-0.4, -0.2) is 35.7 Å². The normalized spacial score (nSPS) is 14.8. The summed E-state index contributed by atoms with van der Waals surface area (Å²) in [6.45, 7) is 3.24. The van der Waals surface area contributed by atoms with Crippen LogP contribution in [0.3, 0.4) is 0 Å². The van der Waals surface area contributed by atoms with Gasteiger partial charge in [0, 0.05) is 36.5 Å². The first-order chi connectivity index (χ1) is 17.5. The Bertz CT molecular complexity index is 1290. The van der Waals surface area contributed by atoms with E-state index in [0.29, 0.717) is 48.8 Å². The van der Waals surface area contributed by atoms with Crippen LogP contribution in [0.4, 0.5) is 17.1 Å². The van der Waals surface area contributed by atoms with Gasteiger partial charge in [0.15, 0.2) is 0 Å². The van der Waals surface area contributed by atoms with Crippen LogP contribution in [-0.2, 0) is 20.9 Å². The predicted molar refractivity (Wildman–Crippen MR) is 137 cm³/mol. The Morgan fingerprint density at radius 1 is 1.11 bits per heavy atom. The number of benzene rings is 3. The molecule has 0 fully saturated rings. The van der Waals surface area contributed by atoms with Crippen LogP contribution in [0, 0.1) is 10.1 Å². The van der Waals surface area contributed by atoms with E-state index in [1.54, 1.807) is 13.0 Å². The molecule has 9 heteroatoms. The van der Waals surface area contributed by atoms with E-state index in [-0.39, 0.29) is 17.6 Å². The van der Waals surface area contributed by atoms with Gasteiger partial charge in [-0.1, -0.05) is 42.5 Å². The van der Waals surface area contributed by atoms with Crippen molar-refractivity contribution in [3.63, 3.8) is 0 Å². The fourth-order valence-corrected chi connectivity index (χ4v) is 4.02. The van der Waals surface area contributed by atoms with Gasteiger partial charge < -0.3 is 15.4 Å². The minimum absolute atomic E-state index is 0.0810. The highest BCUT2D eigenvalue weighted by Gasteiger charge is 2.36. The molecule has 9 nitrogen and oxygen atoms in total. The van der Waals surface area contributed by atoms with Crippen LogP contribution in [0.25, 0.3) is 0 Å². The van der Waals surface area contributed by atoms with Gasteiger partial charge in [0.05, 0.1) is 29.4 Å². The molecule has 0 radical (unpaired) electrons. The van der Waals surface area contributed by atoms with E-state index in [2.05, 4.69) is 10.6 Å². The largest absolute Gasteiger partial charge is 0.466 e. The molecule has 0 saturated carbocycles. The molecule has 0 bridgehead atoms. The fourth-order valence-electron chi connectivity index (χ4n) is 4.02. The lowest BCUT2D eigenvalue weighted by molar-refractivity contribution is -0.384. The summed E-state index contributed by atoms with van der Waals surface area (Å²) in [6, 6.07) is 21.2. The van der Waals surface area contributed by atoms with E-state index in [4.69, 9.17) is 9.73 Å². The van der Waals surface area contributed by atoms with Crippen LogP contribution < -0.4 is 10.6 Å². The van der Waals surface area contributed by atoms with Gasteiger partial charge in [-0.05, 0) is 36.2 Å². The van der Waals surface area contributed by atoms with Gasteiger partial charge in [0.2, 0.25) is 5.91 Å². The molecule has 2 N–H and O–H groups in total. The molecule has 1 amide bonds. The van der Waals surface area contributed by atoms with Gasteiger partial charge >= 0.3 is 5.97 Å². The van der Waals surface area contributed by atoms with E-state index < -0.39 is 10.8 Å². The molecule has 0 aliphatic carbocycles. The summed E-state index contributed by atoms with van der Waals surface area (Å²) >= 11 is 0. The number of nitro groups is 1. The molecule has 0 spiro atoms. The SMILES string of the molecule is CCOC(=O)CCNCc1ccc(N=C(c2ccccc2)C2C(=O)Nc3ccc([N+](=O)[O-])cc32)cc1. The van der Waals surface area contributed by atoms with Crippen molar-refractivity contribution in [3.05, 3.63) is 99.6 Å². The highest BCUT2D eigenvalue weighted by Crippen LogP contribution is 2.38. The molecule has 36 heavy (non-hydrogen) atoms. The molecular formula is C27H26N4O5. The van der Waals surface area contributed by atoms with Gasteiger partial charge in [0.1, 0.15) is 5.92 Å². The zero-order valence-corrected chi connectivity index (χ0v) is 19.8. The van der Waals surface area contributed by atoms with Crippen LogP contribution in [0.15, 0.2) is 77.8 Å². The standard InChI is InChI=1S/C27H26N4O5/c1-2-36-24(32)14-15-28-17-18-8-10-20(11-9-18)29-26(19-6-4-3-5-7-19)25-22-16-21(31(34)35)12-13-23(22)30-27(25)33/h3-13,16,25,28H,2,14-15,17H2,1H3,(H,30,33). The average Bonchev–Trinajstić information content (AvgIpc) is 3.21. The van der Waals surface area contributed by atoms with Gasteiger partial charge in [-0.15, -0.1) is 0 Å². The van der Waals surface area contributed by atoms with Crippen molar-refractivity contribution in [1.82, 2.24) is 5.32 Å². The van der Waals surface area contributed by atoms with E-state index >= 15 is 0 Å². The first-order valence-electron chi connectivity index (χ1n) is 11.6. The lowest BCUT2D eigenvalue weighted by Gasteiger charge is -2.14. The number of rotatable bonds is 10. The van der Waals surface area contributed by atoms with Crippen LogP contribution in [0.2, 0.25) is 0 Å². The molecule has 0 saturated heterocycles. The average molecular weight is 487 g/mol. The second kappa shape index (κ2) is 11.4. The van der Waals surface area contributed by atoms with Crippen molar-refractivity contribution in [2.24, 2.45) is 4.99 Å². The molecule has 1 aliphatic rings. The maximum atomic E-state index is 13.0. The Morgan fingerprint density at radius 2 is 1.86 bits per heavy atom. The minimum atomic E-state index is -0.786. The molecule has 1 unspecified atom stereocenters. The van der Waals surface area contributed by atoms with Crippen molar-refractivity contribution in [2.45, 2.75) is 25.8 Å². The van der Waals surface area contributed by atoms with E-state index in [9.17, 15) is 19.7 Å². The van der Waals surface area contributed by atoms with Gasteiger partial charge in [-0.25, -0.2) is 0 Å². The maximum Gasteiger partial charge on any atom is 0.307 e. The first-order valence-corrected chi connectivity index (χ1v) is 11.6. The Balaban J connectivity index is 1.58. The van der Waals surface area contributed by atoms with Crippen molar-refractivity contribution in [3.8, 4) is 0 Å². The number of nitrogens with zero attached hydrogens (tertiary/aromatic N) is 2. The van der Waals surface area contributed by atoms with Crippen LogP contribution in [0.1, 0.15) is 36.0 Å². The summed E-state index contributed by atoms with van der Waals surface area (Å²) in [6.07, 6.45) is 0.305. The predicted octanol–water partition coefficient (Wildman–Crippen LogP) is 4.49. The number of amides is 1. The molecule has 0 aromatic heterocycles. The molecule has 184 valence electrons. The lowest BCUT2D eigenvalue weighted by Crippen LogP contribution is -2.22. The summed E-state index contributed by atoms with van der Waals surface area (Å²) in [7, 11) is 0. The topological polar surface area (TPSA) is 123 Å². The first kappa shape index (κ1) is 24.7. The van der Waals surface area contributed by atoms with Gasteiger partial charge in [-0.2, -0.15) is 0 Å². The number of esters is 1. The fraction of sp³-hybridized carbons (Fsp3) is 0.222. The van der Waals surface area contributed by atoms with E-state index in [0.717, 1.165) is 11.1 Å². The monoisotopic (exact) mass is 486 g/mol. The number of hydrogen-bond donors (Lipinski definition) is 2.